The Morgan fingerprint density at radius 2 is 1.73 bits per heavy atom. The number of hydrogen-bond donors (Lipinski definition) is 0. The van der Waals surface area contributed by atoms with Gasteiger partial charge in [0.2, 0.25) is 5.88 Å². The van der Waals surface area contributed by atoms with Crippen LogP contribution in [0.3, 0.4) is 0 Å². The van der Waals surface area contributed by atoms with Gasteiger partial charge in [-0.25, -0.2) is 19.3 Å². The first-order chi connectivity index (χ1) is 21.7. The molecule has 0 fully saturated rings. The molecule has 0 amide bonds. The van der Waals surface area contributed by atoms with Crippen LogP contribution in [0.25, 0.3) is 28.0 Å². The largest absolute Gasteiger partial charge is 0.493 e. The number of fused-ring (bicyclic) bond motifs is 6. The molecule has 5 heterocycles. The summed E-state index contributed by atoms with van der Waals surface area (Å²) in [6.45, 7) is 0.372. The molecule has 8 rings (SSSR count). The van der Waals surface area contributed by atoms with Crippen LogP contribution in [0.15, 0.2) is 113 Å². The summed E-state index contributed by atoms with van der Waals surface area (Å²) in [6.07, 6.45) is 4.92. The molecule has 10 heteroatoms. The number of nitrogens with zero attached hydrogens (tertiary/aromatic N) is 5. The molecule has 1 aliphatic heterocycles. The molecule has 1 unspecified atom stereocenters. The van der Waals surface area contributed by atoms with Gasteiger partial charge in [0.15, 0.2) is 28.7 Å². The number of benzene rings is 3. The third kappa shape index (κ3) is 4.23. The minimum Gasteiger partial charge on any atom is -0.493 e. The summed E-state index contributed by atoms with van der Waals surface area (Å²) in [5, 5.41) is 5.32. The minimum atomic E-state index is -0.669. The molecule has 0 saturated heterocycles. The van der Waals surface area contributed by atoms with Crippen molar-refractivity contribution in [2.24, 2.45) is 0 Å². The molecule has 44 heavy (non-hydrogen) atoms. The van der Waals surface area contributed by atoms with E-state index < -0.39 is 11.5 Å². The number of methoxy groups -OCH3 is 1. The molecular weight excluding hydrogens is 558 g/mol. The zero-order chi connectivity index (χ0) is 29.6. The van der Waals surface area contributed by atoms with E-state index in [0.717, 1.165) is 16.7 Å². The number of para-hydroxylation sites is 1. The third-order valence-corrected chi connectivity index (χ3v) is 7.66. The average Bonchev–Trinajstić information content (AvgIpc) is 3.52. The van der Waals surface area contributed by atoms with E-state index in [2.05, 4.69) is 15.1 Å². The predicted molar refractivity (Wildman–Crippen MR) is 161 cm³/mol. The van der Waals surface area contributed by atoms with Crippen LogP contribution >= 0.6 is 0 Å². The highest BCUT2D eigenvalue weighted by molar-refractivity contribution is 5.87. The van der Waals surface area contributed by atoms with E-state index >= 15 is 0 Å². The Morgan fingerprint density at radius 3 is 2.57 bits per heavy atom. The van der Waals surface area contributed by atoms with Gasteiger partial charge in [0.1, 0.15) is 18.5 Å². The Bertz CT molecular complexity index is 2230. The van der Waals surface area contributed by atoms with Crippen LogP contribution in [0, 0.1) is 0 Å². The van der Waals surface area contributed by atoms with Crippen molar-refractivity contribution in [2.75, 3.05) is 7.11 Å². The van der Waals surface area contributed by atoms with Crippen LogP contribution in [0.1, 0.15) is 28.2 Å². The molecule has 3 aromatic carbocycles. The lowest BCUT2D eigenvalue weighted by Gasteiger charge is -2.27. The molecule has 0 aliphatic carbocycles. The summed E-state index contributed by atoms with van der Waals surface area (Å²) in [4.78, 5) is 27.3. The van der Waals surface area contributed by atoms with Crippen molar-refractivity contribution in [3.63, 3.8) is 0 Å². The predicted octanol–water partition coefficient (Wildman–Crippen LogP) is 6.17. The lowest BCUT2D eigenvalue weighted by Crippen LogP contribution is -2.22. The fourth-order valence-corrected chi connectivity index (χ4v) is 5.60. The standard InChI is InChI=1S/C34H23N5O5/c1-41-26-17-22(11-12-25(26)42-18-20-7-3-2-4-8-20)27-28-30(23-9-5-6-10-24(23)43-34(28)40)44-33-29(27)32-37-31(38-39(32)19-36-33)21-13-15-35-16-14-21/h2-17,19,27H,18H2,1H3. The van der Waals surface area contributed by atoms with E-state index in [1.54, 1.807) is 36.4 Å². The maximum atomic E-state index is 13.7. The first-order valence-electron chi connectivity index (χ1n) is 13.9. The second-order valence-corrected chi connectivity index (χ2v) is 10.3. The first-order valence-corrected chi connectivity index (χ1v) is 13.9. The second kappa shape index (κ2) is 10.4. The number of ether oxygens (including phenoxy) is 3. The van der Waals surface area contributed by atoms with E-state index in [0.29, 0.717) is 63.3 Å². The summed E-state index contributed by atoms with van der Waals surface area (Å²) in [5.41, 5.74) is 3.87. The summed E-state index contributed by atoms with van der Waals surface area (Å²) in [5.74, 6) is 1.61. The van der Waals surface area contributed by atoms with Crippen molar-refractivity contribution in [3.8, 4) is 34.5 Å². The first kappa shape index (κ1) is 25.7. The Morgan fingerprint density at radius 1 is 0.909 bits per heavy atom. The SMILES string of the molecule is COc1cc(C2c3c(c4ccccc4oc3=O)Oc3ncn4nc(-c5ccncc5)nc4c32)ccc1OCc1ccccc1. The molecule has 0 spiro atoms. The van der Waals surface area contributed by atoms with E-state index in [-0.39, 0.29) is 0 Å². The monoisotopic (exact) mass is 581 g/mol. The van der Waals surface area contributed by atoms with E-state index in [4.69, 9.17) is 23.6 Å². The van der Waals surface area contributed by atoms with Crippen molar-refractivity contribution in [1.29, 1.82) is 0 Å². The summed E-state index contributed by atoms with van der Waals surface area (Å²) < 4.78 is 25.7. The Balaban J connectivity index is 1.33. The summed E-state index contributed by atoms with van der Waals surface area (Å²) >= 11 is 0. The highest BCUT2D eigenvalue weighted by Gasteiger charge is 2.38. The van der Waals surface area contributed by atoms with Gasteiger partial charge in [-0.3, -0.25) is 4.98 Å². The number of aromatic nitrogens is 5. The van der Waals surface area contributed by atoms with Crippen molar-refractivity contribution in [1.82, 2.24) is 24.6 Å². The zero-order valence-electron chi connectivity index (χ0n) is 23.4. The van der Waals surface area contributed by atoms with Crippen LogP contribution in [-0.4, -0.2) is 31.7 Å². The van der Waals surface area contributed by atoms with Crippen LogP contribution in [0.4, 0.5) is 0 Å². The van der Waals surface area contributed by atoms with Crippen LogP contribution < -0.4 is 19.8 Å². The Hall–Kier alpha value is -6.03. The molecule has 0 bridgehead atoms. The lowest BCUT2D eigenvalue weighted by atomic mass is 9.84. The topological polar surface area (TPSA) is 114 Å². The van der Waals surface area contributed by atoms with Crippen LogP contribution in [0.5, 0.6) is 23.1 Å². The van der Waals surface area contributed by atoms with Gasteiger partial charge in [0.25, 0.3) is 0 Å². The molecule has 1 aliphatic rings. The van der Waals surface area contributed by atoms with Gasteiger partial charge in [-0.1, -0.05) is 48.5 Å². The fourth-order valence-electron chi connectivity index (χ4n) is 5.60. The quantitative estimate of drug-likeness (QED) is 0.213. The van der Waals surface area contributed by atoms with Crippen molar-refractivity contribution in [3.05, 3.63) is 136 Å². The Labute approximate surface area is 250 Å². The highest BCUT2D eigenvalue weighted by Crippen LogP contribution is 2.49. The van der Waals surface area contributed by atoms with Crippen molar-refractivity contribution in [2.45, 2.75) is 12.5 Å². The van der Waals surface area contributed by atoms with Gasteiger partial charge < -0.3 is 18.6 Å². The highest BCUT2D eigenvalue weighted by atomic mass is 16.5. The lowest BCUT2D eigenvalue weighted by molar-refractivity contribution is 0.284. The molecule has 1 atom stereocenters. The van der Waals surface area contributed by atoms with Gasteiger partial charge in [-0.2, -0.15) is 0 Å². The van der Waals surface area contributed by atoms with Gasteiger partial charge in [0, 0.05) is 18.0 Å². The smallest absolute Gasteiger partial charge is 0.344 e. The van der Waals surface area contributed by atoms with Crippen LogP contribution in [0.2, 0.25) is 0 Å². The number of rotatable bonds is 6. The van der Waals surface area contributed by atoms with Crippen molar-refractivity contribution < 1.29 is 18.6 Å². The van der Waals surface area contributed by atoms with Crippen LogP contribution in [-0.2, 0) is 6.61 Å². The third-order valence-electron chi connectivity index (χ3n) is 7.66. The maximum absolute atomic E-state index is 13.7. The van der Waals surface area contributed by atoms with Gasteiger partial charge in [0.05, 0.1) is 29.5 Å². The van der Waals surface area contributed by atoms with Gasteiger partial charge in [-0.05, 0) is 47.5 Å². The summed E-state index contributed by atoms with van der Waals surface area (Å²) in [7, 11) is 1.58. The maximum Gasteiger partial charge on any atom is 0.344 e. The van der Waals surface area contributed by atoms with Crippen molar-refractivity contribution >= 4 is 16.6 Å². The average molecular weight is 582 g/mol. The molecule has 7 aromatic rings. The second-order valence-electron chi connectivity index (χ2n) is 10.3. The van der Waals surface area contributed by atoms with E-state index in [1.165, 1.54) is 0 Å². The zero-order valence-corrected chi connectivity index (χ0v) is 23.4. The normalized spacial score (nSPS) is 13.7. The molecular formula is C34H23N5O5. The number of hydrogen-bond acceptors (Lipinski definition) is 9. The molecule has 0 N–H and O–H groups in total. The number of pyridine rings is 1. The molecule has 214 valence electrons. The molecule has 10 nitrogen and oxygen atoms in total. The molecule has 0 radical (unpaired) electrons. The van der Waals surface area contributed by atoms with Gasteiger partial charge >= 0.3 is 5.63 Å². The molecule has 0 saturated carbocycles. The fraction of sp³-hybridized carbons (Fsp3) is 0.0882. The minimum absolute atomic E-state index is 0.322. The summed E-state index contributed by atoms with van der Waals surface area (Å²) in [6, 6.07) is 26.4. The Kier molecular flexibility index (Phi) is 6.04. The van der Waals surface area contributed by atoms with Gasteiger partial charge in [-0.15, -0.1) is 5.10 Å². The molecule has 4 aromatic heterocycles. The van der Waals surface area contributed by atoms with E-state index in [9.17, 15) is 4.79 Å². The van der Waals surface area contributed by atoms with E-state index in [1.807, 2.05) is 78.9 Å².